The number of nitrogens with one attached hydrogen (secondary N) is 1. The van der Waals surface area contributed by atoms with Crippen molar-refractivity contribution in [2.45, 2.75) is 20.8 Å². The Labute approximate surface area is 74.8 Å². The Morgan fingerprint density at radius 1 is 1.17 bits per heavy atom. The van der Waals surface area contributed by atoms with Crippen molar-refractivity contribution in [2.75, 3.05) is 0 Å². The zero-order valence-electron chi connectivity index (χ0n) is 8.15. The van der Waals surface area contributed by atoms with Crippen molar-refractivity contribution >= 4 is 0 Å². The zero-order valence-corrected chi connectivity index (χ0v) is 8.15. The Hall–Kier alpha value is -1.24. The predicted octanol–water partition coefficient (Wildman–Crippen LogP) is 3.30. The van der Waals surface area contributed by atoms with Crippen LogP contribution in [0.4, 0.5) is 0 Å². The molecule has 0 aliphatic rings. The van der Waals surface area contributed by atoms with E-state index >= 15 is 0 Å². The lowest BCUT2D eigenvalue weighted by Gasteiger charge is -1.86. The highest BCUT2D eigenvalue weighted by atomic mass is 14.7. The number of allylic oxidation sites excluding steroid dienone is 2. The highest BCUT2D eigenvalue weighted by Crippen LogP contribution is 2.08. The highest BCUT2D eigenvalue weighted by molar-refractivity contribution is 5.26. The third-order valence-electron chi connectivity index (χ3n) is 1.83. The second kappa shape index (κ2) is 5.42. The number of H-pyrrole nitrogens is 1. The van der Waals surface area contributed by atoms with Crippen LogP contribution in [0, 0.1) is 20.8 Å². The van der Waals surface area contributed by atoms with E-state index in [0.29, 0.717) is 0 Å². The zero-order chi connectivity index (χ0) is 9.56. The molecule has 0 atom stereocenters. The molecule has 0 fully saturated rings. The minimum Gasteiger partial charge on any atom is -0.365 e. The Kier molecular flexibility index (Phi) is 4.86. The summed E-state index contributed by atoms with van der Waals surface area (Å²) in [5.74, 6) is 0. The van der Waals surface area contributed by atoms with Crippen LogP contribution in [0.5, 0.6) is 0 Å². The third-order valence-corrected chi connectivity index (χ3v) is 1.83. The quantitative estimate of drug-likeness (QED) is 0.611. The monoisotopic (exact) mass is 163 g/mol. The van der Waals surface area contributed by atoms with Crippen molar-refractivity contribution in [2.24, 2.45) is 0 Å². The number of rotatable bonds is 1. The summed E-state index contributed by atoms with van der Waals surface area (Å²) in [7, 11) is 0. The normalized spacial score (nSPS) is 8.25. The van der Waals surface area contributed by atoms with E-state index in [1.54, 1.807) is 12.2 Å². The number of aromatic nitrogens is 1. The van der Waals surface area contributed by atoms with E-state index in [-0.39, 0.29) is 0 Å². The smallest absolute Gasteiger partial charge is 0.0148 e. The van der Waals surface area contributed by atoms with Crippen molar-refractivity contribution in [3.05, 3.63) is 48.3 Å². The first-order valence-electron chi connectivity index (χ1n) is 3.98. The topological polar surface area (TPSA) is 15.8 Å². The van der Waals surface area contributed by atoms with Crippen LogP contribution in [-0.2, 0) is 0 Å². The van der Waals surface area contributed by atoms with Crippen LogP contribution < -0.4 is 0 Å². The van der Waals surface area contributed by atoms with Gasteiger partial charge in [-0.25, -0.2) is 0 Å². The highest BCUT2D eigenvalue weighted by Gasteiger charge is 1.94. The molecule has 0 aliphatic carbocycles. The molecule has 0 saturated carbocycles. The summed E-state index contributed by atoms with van der Waals surface area (Å²) in [6.07, 6.45) is 5.31. The largest absolute Gasteiger partial charge is 0.365 e. The molecule has 1 nitrogen and oxygen atoms in total. The van der Waals surface area contributed by atoms with Gasteiger partial charge in [-0.05, 0) is 31.9 Å². The molecular formula is C11H17N. The molecule has 0 aromatic carbocycles. The second-order valence-corrected chi connectivity index (χ2v) is 2.69. The molecule has 1 heteroatoms. The summed E-state index contributed by atoms with van der Waals surface area (Å²) in [4.78, 5) is 3.14. The lowest BCUT2D eigenvalue weighted by atomic mass is 10.2. The van der Waals surface area contributed by atoms with Crippen LogP contribution in [0.25, 0.3) is 0 Å². The predicted molar refractivity (Wildman–Crippen MR) is 55.4 cm³/mol. The van der Waals surface area contributed by atoms with Gasteiger partial charge in [-0.1, -0.05) is 25.3 Å². The maximum atomic E-state index is 3.36. The summed E-state index contributed by atoms with van der Waals surface area (Å²) in [5.41, 5.74) is 4.01. The van der Waals surface area contributed by atoms with E-state index in [1.807, 2.05) is 6.20 Å². The van der Waals surface area contributed by atoms with E-state index in [2.05, 4.69) is 38.9 Å². The molecule has 0 radical (unpaired) electrons. The van der Waals surface area contributed by atoms with Gasteiger partial charge >= 0.3 is 0 Å². The first kappa shape index (κ1) is 10.8. The minimum atomic E-state index is 1.28. The summed E-state index contributed by atoms with van der Waals surface area (Å²) < 4.78 is 0. The van der Waals surface area contributed by atoms with E-state index < -0.39 is 0 Å². The first-order chi connectivity index (χ1) is 5.63. The van der Waals surface area contributed by atoms with Crippen LogP contribution in [0.1, 0.15) is 16.8 Å². The van der Waals surface area contributed by atoms with Crippen molar-refractivity contribution in [1.29, 1.82) is 0 Å². The second-order valence-electron chi connectivity index (χ2n) is 2.69. The molecule has 0 unspecified atom stereocenters. The summed E-state index contributed by atoms with van der Waals surface area (Å²) >= 11 is 0. The van der Waals surface area contributed by atoms with Gasteiger partial charge in [-0.15, -0.1) is 0 Å². The standard InChI is InChI=1S/C7H11N.C4H6/c1-5-4-8-7(3)6(5)2;1-3-4-2/h4,8H,1-3H3;3-4H,1-2H2. The minimum absolute atomic E-state index is 1.28. The van der Waals surface area contributed by atoms with Crippen molar-refractivity contribution in [3.8, 4) is 0 Å². The Morgan fingerprint density at radius 2 is 1.67 bits per heavy atom. The van der Waals surface area contributed by atoms with Gasteiger partial charge in [0.05, 0.1) is 0 Å². The molecular weight excluding hydrogens is 146 g/mol. The molecule has 1 aromatic rings. The van der Waals surface area contributed by atoms with E-state index in [4.69, 9.17) is 0 Å². The summed E-state index contributed by atoms with van der Waals surface area (Å²) in [6.45, 7) is 13.0. The SMILES string of the molecule is C=CC=C.Cc1c[nH]c(C)c1C. The lowest BCUT2D eigenvalue weighted by molar-refractivity contribution is 1.23. The molecule has 12 heavy (non-hydrogen) atoms. The average Bonchev–Trinajstić information content (AvgIpc) is 2.37. The van der Waals surface area contributed by atoms with E-state index in [0.717, 1.165) is 0 Å². The number of hydrogen-bond acceptors (Lipinski definition) is 0. The summed E-state index contributed by atoms with van der Waals surface area (Å²) in [5, 5.41) is 0. The fraction of sp³-hybridized carbons (Fsp3) is 0.273. The first-order valence-corrected chi connectivity index (χ1v) is 3.98. The van der Waals surface area contributed by atoms with Gasteiger partial charge in [-0.3, -0.25) is 0 Å². The van der Waals surface area contributed by atoms with Gasteiger partial charge in [0.15, 0.2) is 0 Å². The number of aryl methyl sites for hydroxylation is 2. The third kappa shape index (κ3) is 3.24. The molecule has 66 valence electrons. The van der Waals surface area contributed by atoms with Gasteiger partial charge in [0.25, 0.3) is 0 Å². The van der Waals surface area contributed by atoms with Crippen LogP contribution in [0.3, 0.4) is 0 Å². The fourth-order valence-electron chi connectivity index (χ4n) is 0.729. The van der Waals surface area contributed by atoms with Crippen molar-refractivity contribution < 1.29 is 0 Å². The molecule has 1 N–H and O–H groups in total. The molecule has 1 aromatic heterocycles. The molecule has 0 saturated heterocycles. The van der Waals surface area contributed by atoms with Crippen LogP contribution in [0.2, 0.25) is 0 Å². The molecule has 1 heterocycles. The maximum absolute atomic E-state index is 3.36. The van der Waals surface area contributed by atoms with Gasteiger partial charge in [0.2, 0.25) is 0 Å². The molecule has 0 aliphatic heterocycles. The van der Waals surface area contributed by atoms with Crippen LogP contribution >= 0.6 is 0 Å². The summed E-state index contributed by atoms with van der Waals surface area (Å²) in [6, 6.07) is 0. The lowest BCUT2D eigenvalue weighted by Crippen LogP contribution is -1.73. The van der Waals surface area contributed by atoms with Gasteiger partial charge < -0.3 is 4.98 Å². The van der Waals surface area contributed by atoms with Crippen molar-refractivity contribution in [1.82, 2.24) is 4.98 Å². The van der Waals surface area contributed by atoms with Gasteiger partial charge in [0, 0.05) is 11.9 Å². The van der Waals surface area contributed by atoms with Gasteiger partial charge in [0.1, 0.15) is 0 Å². The fourth-order valence-corrected chi connectivity index (χ4v) is 0.729. The van der Waals surface area contributed by atoms with Crippen molar-refractivity contribution in [3.63, 3.8) is 0 Å². The molecule has 1 rings (SSSR count). The van der Waals surface area contributed by atoms with Crippen LogP contribution in [-0.4, -0.2) is 4.98 Å². The molecule has 0 amide bonds. The Balaban J connectivity index is 0.000000261. The maximum Gasteiger partial charge on any atom is 0.0148 e. The van der Waals surface area contributed by atoms with E-state index in [9.17, 15) is 0 Å². The Morgan fingerprint density at radius 3 is 1.75 bits per heavy atom. The molecule has 0 bridgehead atoms. The van der Waals surface area contributed by atoms with E-state index in [1.165, 1.54) is 16.8 Å². The molecule has 0 spiro atoms. The number of aromatic amines is 1. The Bertz CT molecular complexity index is 230. The van der Waals surface area contributed by atoms with Gasteiger partial charge in [-0.2, -0.15) is 0 Å². The van der Waals surface area contributed by atoms with Crippen LogP contribution in [0.15, 0.2) is 31.5 Å². The average molecular weight is 163 g/mol. The number of hydrogen-bond donors (Lipinski definition) is 1.